The van der Waals surface area contributed by atoms with Crippen LogP contribution in [0.3, 0.4) is 0 Å². The van der Waals surface area contributed by atoms with Crippen LogP contribution in [0, 0.1) is 6.92 Å². The smallest absolute Gasteiger partial charge is 0.410 e. The van der Waals surface area contributed by atoms with Crippen molar-refractivity contribution in [3.05, 3.63) is 95.5 Å². The maximum atomic E-state index is 12.6. The highest BCUT2D eigenvalue weighted by Crippen LogP contribution is 2.29. The van der Waals surface area contributed by atoms with Crippen LogP contribution < -0.4 is 10.2 Å². The average Bonchev–Trinajstić information content (AvgIpc) is 3.72. The van der Waals surface area contributed by atoms with Crippen LogP contribution >= 0.6 is 0 Å². The molecule has 1 aliphatic heterocycles. The number of nitrogens with zero attached hydrogens (tertiary/aromatic N) is 7. The van der Waals surface area contributed by atoms with Gasteiger partial charge in [-0.3, -0.25) is 4.79 Å². The van der Waals surface area contributed by atoms with Crippen molar-refractivity contribution in [2.45, 2.75) is 46.3 Å². The summed E-state index contributed by atoms with van der Waals surface area (Å²) in [4.78, 5) is 38.1. The molecule has 0 radical (unpaired) electrons. The van der Waals surface area contributed by atoms with E-state index in [1.54, 1.807) is 11.2 Å². The molecule has 12 nitrogen and oxygen atoms in total. The molecule has 2 amide bonds. The van der Waals surface area contributed by atoms with Crippen molar-refractivity contribution < 1.29 is 18.8 Å². The number of hydrogen-bond donors (Lipinski definition) is 1. The van der Waals surface area contributed by atoms with Gasteiger partial charge in [-0.1, -0.05) is 68.4 Å². The summed E-state index contributed by atoms with van der Waals surface area (Å²) in [6, 6.07) is 17.8. The van der Waals surface area contributed by atoms with Crippen LogP contribution in [0.25, 0.3) is 16.8 Å². The monoisotopic (exact) mass is 608 g/mol. The summed E-state index contributed by atoms with van der Waals surface area (Å²) in [6.07, 6.45) is 3.24. The van der Waals surface area contributed by atoms with Crippen molar-refractivity contribution in [1.82, 2.24) is 35.0 Å². The zero-order valence-corrected chi connectivity index (χ0v) is 25.9. The minimum absolute atomic E-state index is 0.0195. The Hall–Kier alpha value is -5.26. The van der Waals surface area contributed by atoms with Gasteiger partial charge in [0.1, 0.15) is 12.9 Å². The Bertz CT molecular complexity index is 1820. The third kappa shape index (κ3) is 6.64. The first-order valence-electron chi connectivity index (χ1n) is 14.9. The zero-order chi connectivity index (χ0) is 31.6. The fraction of sp³-hybridized carbons (Fsp3) is 0.333. The van der Waals surface area contributed by atoms with E-state index in [4.69, 9.17) is 9.26 Å². The molecule has 4 heterocycles. The number of piperazine rings is 1. The fourth-order valence-corrected chi connectivity index (χ4v) is 5.19. The number of fused-ring (bicyclic) bond motifs is 1. The first kappa shape index (κ1) is 29.8. The van der Waals surface area contributed by atoms with Gasteiger partial charge in [0.05, 0.1) is 23.1 Å². The van der Waals surface area contributed by atoms with Gasteiger partial charge < -0.3 is 24.4 Å². The van der Waals surface area contributed by atoms with E-state index in [0.717, 1.165) is 39.2 Å². The number of aromatic nitrogens is 5. The molecule has 0 spiro atoms. The lowest BCUT2D eigenvalue weighted by atomic mass is 9.97. The van der Waals surface area contributed by atoms with Crippen LogP contribution in [0.15, 0.2) is 71.6 Å². The molecule has 45 heavy (non-hydrogen) atoms. The maximum absolute atomic E-state index is 12.6. The first-order chi connectivity index (χ1) is 21.7. The topological polar surface area (TPSA) is 131 Å². The molecule has 232 valence electrons. The molecule has 0 atom stereocenters. The van der Waals surface area contributed by atoms with E-state index in [2.05, 4.69) is 42.6 Å². The molecule has 3 aromatic heterocycles. The lowest BCUT2D eigenvalue weighted by Gasteiger charge is -2.34. The minimum atomic E-state index is -0.388. The summed E-state index contributed by atoms with van der Waals surface area (Å²) in [5.41, 5.74) is 6.25. The molecular weight excluding hydrogens is 572 g/mol. The molecule has 1 aliphatic rings. The highest BCUT2D eigenvalue weighted by atomic mass is 16.6. The van der Waals surface area contributed by atoms with Gasteiger partial charge in [0.2, 0.25) is 5.89 Å². The first-order valence-corrected chi connectivity index (χ1v) is 14.9. The molecule has 5 aromatic rings. The van der Waals surface area contributed by atoms with Crippen molar-refractivity contribution in [1.29, 1.82) is 0 Å². The SMILES string of the molecule is Cc1cc(-c2ncnn3cc(N4CCN(C(=O)OCc5ccccc5)CC4)cc23)ccc1CNC(=O)c1noc(C(C)(C)C)n1. The van der Waals surface area contributed by atoms with E-state index in [1.165, 1.54) is 0 Å². The lowest BCUT2D eigenvalue weighted by molar-refractivity contribution is 0.0932. The number of benzene rings is 2. The number of carbonyl (C=O) groups excluding carboxylic acids is 2. The van der Waals surface area contributed by atoms with Crippen molar-refractivity contribution >= 4 is 23.2 Å². The summed E-state index contributed by atoms with van der Waals surface area (Å²) in [5.74, 6) is 0.0475. The lowest BCUT2D eigenvalue weighted by Crippen LogP contribution is -2.48. The molecule has 0 unspecified atom stereocenters. The second kappa shape index (κ2) is 12.4. The van der Waals surface area contributed by atoms with Crippen LogP contribution in [0.5, 0.6) is 0 Å². The number of nitrogens with one attached hydrogen (secondary N) is 1. The second-order valence-corrected chi connectivity index (χ2v) is 12.1. The molecule has 0 aliphatic carbocycles. The number of anilines is 1. The Kier molecular flexibility index (Phi) is 8.20. The van der Waals surface area contributed by atoms with Crippen molar-refractivity contribution in [2.24, 2.45) is 0 Å². The van der Waals surface area contributed by atoms with Crippen LogP contribution in [0.1, 0.15) is 54.0 Å². The van der Waals surface area contributed by atoms with E-state index >= 15 is 0 Å². The third-order valence-corrected chi connectivity index (χ3v) is 7.83. The van der Waals surface area contributed by atoms with Gasteiger partial charge in [0.25, 0.3) is 11.7 Å². The zero-order valence-electron chi connectivity index (χ0n) is 25.9. The minimum Gasteiger partial charge on any atom is -0.445 e. The number of aryl methyl sites for hydroxylation is 1. The normalized spacial score (nSPS) is 13.7. The largest absolute Gasteiger partial charge is 0.445 e. The Balaban J connectivity index is 1.09. The van der Waals surface area contributed by atoms with Gasteiger partial charge in [0.15, 0.2) is 0 Å². The Labute approximate surface area is 261 Å². The van der Waals surface area contributed by atoms with Crippen LogP contribution in [-0.2, 0) is 23.3 Å². The van der Waals surface area contributed by atoms with E-state index in [1.807, 2.05) is 80.9 Å². The molecule has 1 saturated heterocycles. The predicted molar refractivity (Wildman–Crippen MR) is 168 cm³/mol. The third-order valence-electron chi connectivity index (χ3n) is 7.83. The van der Waals surface area contributed by atoms with Gasteiger partial charge in [-0.25, -0.2) is 14.3 Å². The Morgan fingerprint density at radius 1 is 1.02 bits per heavy atom. The van der Waals surface area contributed by atoms with Gasteiger partial charge in [-0.2, -0.15) is 10.1 Å². The van der Waals surface area contributed by atoms with E-state index in [9.17, 15) is 9.59 Å². The maximum Gasteiger partial charge on any atom is 0.410 e. The van der Waals surface area contributed by atoms with E-state index in [-0.39, 0.29) is 29.8 Å². The summed E-state index contributed by atoms with van der Waals surface area (Å²) in [7, 11) is 0. The molecule has 12 heteroatoms. The van der Waals surface area contributed by atoms with E-state index < -0.39 is 0 Å². The standard InChI is InChI=1S/C33H36N8O4/c1-22-16-24(10-11-25(22)18-34-30(42)29-37-31(45-38-29)33(2,3)4)28-27-17-26(19-41(27)36-21-35-28)39-12-14-40(15-13-39)32(43)44-20-23-8-6-5-7-9-23/h5-11,16-17,19,21H,12-15,18,20H2,1-4H3,(H,34,42). The van der Waals surface area contributed by atoms with Crippen molar-refractivity contribution in [2.75, 3.05) is 31.1 Å². The molecule has 2 aromatic carbocycles. The summed E-state index contributed by atoms with van der Waals surface area (Å²) in [6.45, 7) is 10.9. The predicted octanol–water partition coefficient (Wildman–Crippen LogP) is 4.77. The van der Waals surface area contributed by atoms with Gasteiger partial charge in [0, 0.05) is 43.7 Å². The molecule has 6 rings (SSSR count). The summed E-state index contributed by atoms with van der Waals surface area (Å²) < 4.78 is 12.6. The van der Waals surface area contributed by atoms with E-state index in [0.29, 0.717) is 38.6 Å². The molecular formula is C33H36N8O4. The number of hydrogen-bond acceptors (Lipinski definition) is 9. The molecule has 0 saturated carbocycles. The van der Waals surface area contributed by atoms with Gasteiger partial charge in [-0.15, -0.1) is 0 Å². The quantitative estimate of drug-likeness (QED) is 0.277. The van der Waals surface area contributed by atoms with Crippen LogP contribution in [0.4, 0.5) is 10.5 Å². The van der Waals surface area contributed by atoms with Crippen molar-refractivity contribution in [3.63, 3.8) is 0 Å². The molecule has 1 fully saturated rings. The number of carbonyl (C=O) groups is 2. The highest BCUT2D eigenvalue weighted by molar-refractivity contribution is 5.90. The van der Waals surface area contributed by atoms with Crippen molar-refractivity contribution in [3.8, 4) is 11.3 Å². The van der Waals surface area contributed by atoms with Gasteiger partial charge >= 0.3 is 6.09 Å². The Morgan fingerprint density at radius 2 is 1.80 bits per heavy atom. The summed E-state index contributed by atoms with van der Waals surface area (Å²) >= 11 is 0. The molecule has 1 N–H and O–H groups in total. The average molecular weight is 609 g/mol. The second-order valence-electron chi connectivity index (χ2n) is 12.1. The number of ether oxygens (including phenoxy) is 1. The van der Waals surface area contributed by atoms with Crippen LogP contribution in [-0.4, -0.2) is 67.8 Å². The Morgan fingerprint density at radius 3 is 2.51 bits per heavy atom. The fourth-order valence-electron chi connectivity index (χ4n) is 5.19. The summed E-state index contributed by atoms with van der Waals surface area (Å²) in [5, 5.41) is 11.1. The molecule has 0 bridgehead atoms. The van der Waals surface area contributed by atoms with Gasteiger partial charge in [-0.05, 0) is 35.7 Å². The number of amides is 2. The number of rotatable bonds is 7. The highest BCUT2D eigenvalue weighted by Gasteiger charge is 2.25. The van der Waals surface area contributed by atoms with Crippen LogP contribution in [0.2, 0.25) is 0 Å².